The number of hydrogen-bond acceptors (Lipinski definition) is 11. The van der Waals surface area contributed by atoms with Crippen molar-refractivity contribution in [3.05, 3.63) is 77.7 Å². The summed E-state index contributed by atoms with van der Waals surface area (Å²) in [5.41, 5.74) is 9.06. The van der Waals surface area contributed by atoms with Gasteiger partial charge in [-0.25, -0.2) is 24.7 Å². The summed E-state index contributed by atoms with van der Waals surface area (Å²) in [6.45, 7) is 7.71. The number of carbonyl (C=O) groups is 2. The summed E-state index contributed by atoms with van der Waals surface area (Å²) in [4.78, 5) is 44.4. The number of benzene rings is 1. The Hall–Kier alpha value is -5.46. The number of rotatable bonds is 8. The third-order valence-electron chi connectivity index (χ3n) is 7.70. The number of anilines is 3. The summed E-state index contributed by atoms with van der Waals surface area (Å²) in [5, 5.41) is 6.25. The maximum atomic E-state index is 13.1. The lowest BCUT2D eigenvalue weighted by atomic mass is 10.1. The van der Waals surface area contributed by atoms with Gasteiger partial charge in [0, 0.05) is 62.4 Å². The fourth-order valence-electron chi connectivity index (χ4n) is 5.44. The Morgan fingerprint density at radius 3 is 2.64 bits per heavy atom. The molecule has 0 atom stereocenters. The Kier molecular flexibility index (Phi) is 9.05. The lowest BCUT2D eigenvalue weighted by molar-refractivity contribution is 0.0126. The standard InChI is InChI=1S/C34H38N8O5/c1-34(2,3)47-33(44)42-14-10-23(11-15-42)46-24-7-8-28(37-19-24)41-31(43)22-6-4-5-21(17-22)18-38-30-25-12-16-45-29(25)26(20-39-30)27-9-13-36-32(35)40-27/h4-9,13,17,19-20,23H,10-12,14-16,18H2,1-3H3,(H,38,39)(H2,35,36,40)(H,37,41,43). The van der Waals surface area contributed by atoms with E-state index in [2.05, 4.69) is 30.6 Å². The number of amides is 2. The number of ether oxygens (including phenoxy) is 3. The van der Waals surface area contributed by atoms with E-state index in [1.165, 1.54) is 0 Å². The van der Waals surface area contributed by atoms with Gasteiger partial charge < -0.3 is 35.5 Å². The molecule has 1 fully saturated rings. The summed E-state index contributed by atoms with van der Waals surface area (Å²) in [6.07, 6.45) is 6.69. The van der Waals surface area contributed by atoms with Crippen LogP contribution in [0.1, 0.15) is 55.1 Å². The zero-order valence-corrected chi connectivity index (χ0v) is 26.7. The molecule has 1 aromatic carbocycles. The molecule has 5 heterocycles. The minimum absolute atomic E-state index is 0.0354. The first kappa shape index (κ1) is 31.5. The number of carbonyl (C=O) groups excluding carboxylic acids is 2. The molecule has 2 aliphatic rings. The second kappa shape index (κ2) is 13.5. The number of nitrogens with zero attached hydrogens (tertiary/aromatic N) is 5. The van der Waals surface area contributed by atoms with Gasteiger partial charge in [0.05, 0.1) is 24.1 Å². The van der Waals surface area contributed by atoms with Crippen LogP contribution in [-0.4, -0.2) is 68.2 Å². The average molecular weight is 639 g/mol. The van der Waals surface area contributed by atoms with Crippen LogP contribution in [0, 0.1) is 0 Å². The van der Waals surface area contributed by atoms with E-state index in [1.807, 2.05) is 39.0 Å². The van der Waals surface area contributed by atoms with Crippen LogP contribution in [0.15, 0.2) is 61.1 Å². The zero-order valence-electron chi connectivity index (χ0n) is 26.7. The molecular weight excluding hydrogens is 600 g/mol. The number of aromatic nitrogens is 4. The molecule has 4 N–H and O–H groups in total. The highest BCUT2D eigenvalue weighted by atomic mass is 16.6. The third-order valence-corrected chi connectivity index (χ3v) is 7.70. The van der Waals surface area contributed by atoms with Crippen molar-refractivity contribution in [1.29, 1.82) is 0 Å². The molecule has 47 heavy (non-hydrogen) atoms. The quantitative estimate of drug-likeness (QED) is 0.235. The van der Waals surface area contributed by atoms with Crippen LogP contribution < -0.4 is 25.8 Å². The van der Waals surface area contributed by atoms with E-state index < -0.39 is 5.60 Å². The summed E-state index contributed by atoms with van der Waals surface area (Å²) >= 11 is 0. The van der Waals surface area contributed by atoms with Crippen LogP contribution in [0.5, 0.6) is 11.5 Å². The van der Waals surface area contributed by atoms with Gasteiger partial charge in [-0.15, -0.1) is 0 Å². The molecule has 2 amide bonds. The molecule has 0 bridgehead atoms. The first-order valence-electron chi connectivity index (χ1n) is 15.6. The summed E-state index contributed by atoms with van der Waals surface area (Å²) < 4.78 is 17.5. The molecule has 13 heteroatoms. The van der Waals surface area contributed by atoms with Gasteiger partial charge in [0.25, 0.3) is 5.91 Å². The van der Waals surface area contributed by atoms with Gasteiger partial charge >= 0.3 is 6.09 Å². The van der Waals surface area contributed by atoms with Crippen molar-refractivity contribution in [3.8, 4) is 22.8 Å². The Morgan fingerprint density at radius 1 is 1.06 bits per heavy atom. The van der Waals surface area contributed by atoms with Crippen molar-refractivity contribution in [3.63, 3.8) is 0 Å². The number of nitrogens with two attached hydrogens (primary N) is 1. The summed E-state index contributed by atoms with van der Waals surface area (Å²) in [5.74, 6) is 2.39. The van der Waals surface area contributed by atoms with Crippen molar-refractivity contribution < 1.29 is 23.8 Å². The predicted octanol–water partition coefficient (Wildman–Crippen LogP) is 5.09. The van der Waals surface area contributed by atoms with Crippen LogP contribution >= 0.6 is 0 Å². The second-order valence-corrected chi connectivity index (χ2v) is 12.4. The highest BCUT2D eigenvalue weighted by Crippen LogP contribution is 2.39. The first-order valence-corrected chi connectivity index (χ1v) is 15.6. The molecule has 0 radical (unpaired) electrons. The molecule has 6 rings (SSSR count). The molecule has 244 valence electrons. The minimum atomic E-state index is -0.522. The highest BCUT2D eigenvalue weighted by molar-refractivity contribution is 6.03. The SMILES string of the molecule is CC(C)(C)OC(=O)N1CCC(Oc2ccc(NC(=O)c3cccc(CNc4ncc(-c5ccnc(N)n5)c5c4CCO5)c3)nc2)CC1. The van der Waals surface area contributed by atoms with E-state index in [0.29, 0.717) is 68.3 Å². The molecule has 13 nitrogen and oxygen atoms in total. The van der Waals surface area contributed by atoms with Gasteiger partial charge in [-0.05, 0) is 56.7 Å². The number of likely N-dealkylation sites (tertiary alicyclic amines) is 1. The van der Waals surface area contributed by atoms with Crippen LogP contribution in [0.25, 0.3) is 11.3 Å². The van der Waals surface area contributed by atoms with E-state index in [9.17, 15) is 9.59 Å². The monoisotopic (exact) mass is 638 g/mol. The lowest BCUT2D eigenvalue weighted by Crippen LogP contribution is -2.44. The Morgan fingerprint density at radius 2 is 1.89 bits per heavy atom. The molecule has 1 saturated heterocycles. The lowest BCUT2D eigenvalue weighted by Gasteiger charge is -2.33. The number of nitrogen functional groups attached to an aromatic ring is 1. The number of nitrogens with one attached hydrogen (secondary N) is 2. The van der Waals surface area contributed by atoms with Gasteiger partial charge in [0.1, 0.15) is 34.8 Å². The van der Waals surface area contributed by atoms with Crippen molar-refractivity contribution >= 4 is 29.6 Å². The molecular formula is C34H38N8O5. The van der Waals surface area contributed by atoms with Gasteiger partial charge in [-0.2, -0.15) is 0 Å². The fourth-order valence-corrected chi connectivity index (χ4v) is 5.44. The zero-order chi connectivity index (χ0) is 33.0. The van der Waals surface area contributed by atoms with Crippen molar-refractivity contribution in [1.82, 2.24) is 24.8 Å². The third kappa shape index (κ3) is 7.86. The van der Waals surface area contributed by atoms with Crippen LogP contribution in [-0.2, 0) is 17.7 Å². The van der Waals surface area contributed by atoms with E-state index >= 15 is 0 Å². The number of piperidine rings is 1. The molecule has 4 aromatic rings. The highest BCUT2D eigenvalue weighted by Gasteiger charge is 2.28. The van der Waals surface area contributed by atoms with E-state index in [0.717, 1.165) is 28.3 Å². The summed E-state index contributed by atoms with van der Waals surface area (Å²) in [6, 6.07) is 12.6. The largest absolute Gasteiger partial charge is 0.492 e. The number of hydrogen-bond donors (Lipinski definition) is 3. The average Bonchev–Trinajstić information content (AvgIpc) is 3.55. The van der Waals surface area contributed by atoms with E-state index in [-0.39, 0.29) is 24.1 Å². The van der Waals surface area contributed by atoms with Gasteiger partial charge in [0.15, 0.2) is 0 Å². The van der Waals surface area contributed by atoms with Crippen molar-refractivity contribution in [2.24, 2.45) is 0 Å². The van der Waals surface area contributed by atoms with E-state index in [1.54, 1.807) is 47.8 Å². The molecule has 0 aliphatic carbocycles. The van der Waals surface area contributed by atoms with Crippen LogP contribution in [0.4, 0.5) is 22.4 Å². The Balaban J connectivity index is 1.02. The van der Waals surface area contributed by atoms with Crippen molar-refractivity contribution in [2.45, 2.75) is 58.3 Å². The van der Waals surface area contributed by atoms with Crippen molar-refractivity contribution in [2.75, 3.05) is 36.1 Å². The predicted molar refractivity (Wildman–Crippen MR) is 176 cm³/mol. The first-order chi connectivity index (χ1) is 22.6. The van der Waals surface area contributed by atoms with Gasteiger partial charge in [0.2, 0.25) is 5.95 Å². The maximum Gasteiger partial charge on any atom is 0.410 e. The minimum Gasteiger partial charge on any atom is -0.492 e. The van der Waals surface area contributed by atoms with Crippen LogP contribution in [0.3, 0.4) is 0 Å². The van der Waals surface area contributed by atoms with E-state index in [4.69, 9.17) is 19.9 Å². The second-order valence-electron chi connectivity index (χ2n) is 12.4. The number of fused-ring (bicyclic) bond motifs is 1. The number of pyridine rings is 2. The molecule has 0 unspecified atom stereocenters. The topological polar surface area (TPSA) is 167 Å². The fraction of sp³-hybridized carbons (Fsp3) is 0.353. The molecule has 2 aliphatic heterocycles. The normalized spacial score (nSPS) is 14.6. The smallest absolute Gasteiger partial charge is 0.410 e. The maximum absolute atomic E-state index is 13.1. The molecule has 3 aromatic heterocycles. The van der Waals surface area contributed by atoms with Gasteiger partial charge in [-0.3, -0.25) is 4.79 Å². The van der Waals surface area contributed by atoms with Gasteiger partial charge in [-0.1, -0.05) is 12.1 Å². The molecule has 0 saturated carbocycles. The summed E-state index contributed by atoms with van der Waals surface area (Å²) in [7, 11) is 0. The Bertz CT molecular complexity index is 1750. The molecule has 0 spiro atoms. The van der Waals surface area contributed by atoms with Crippen LogP contribution in [0.2, 0.25) is 0 Å². The Labute approximate surface area is 272 Å².